The summed E-state index contributed by atoms with van der Waals surface area (Å²) in [6.07, 6.45) is 3.80. The molecule has 0 bridgehead atoms. The van der Waals surface area contributed by atoms with Crippen molar-refractivity contribution in [1.29, 1.82) is 0 Å². The lowest BCUT2D eigenvalue weighted by atomic mass is 9.87. The molecule has 0 aliphatic carbocycles. The molecule has 5 nitrogen and oxygen atoms in total. The smallest absolute Gasteiger partial charge is 0.113 e. The van der Waals surface area contributed by atoms with Gasteiger partial charge in [-0.15, -0.1) is 5.10 Å². The predicted octanol–water partition coefficient (Wildman–Crippen LogP) is 4.17. The van der Waals surface area contributed by atoms with Crippen LogP contribution in [0.3, 0.4) is 0 Å². The van der Waals surface area contributed by atoms with Gasteiger partial charge in [-0.3, -0.25) is 5.10 Å². The fourth-order valence-corrected chi connectivity index (χ4v) is 2.91. The number of benzene rings is 2. The molecular formula is C20H21N5. The maximum Gasteiger partial charge on any atom is 0.113 e. The van der Waals surface area contributed by atoms with Gasteiger partial charge in [0, 0.05) is 10.9 Å². The molecule has 0 saturated carbocycles. The zero-order chi connectivity index (χ0) is 17.4. The van der Waals surface area contributed by atoms with E-state index < -0.39 is 0 Å². The highest BCUT2D eigenvalue weighted by Crippen LogP contribution is 2.23. The molecule has 0 amide bonds. The molecule has 0 atom stereocenters. The summed E-state index contributed by atoms with van der Waals surface area (Å²) >= 11 is 0. The Kier molecular flexibility index (Phi) is 3.64. The average Bonchev–Trinajstić information content (AvgIpc) is 3.22. The maximum absolute atomic E-state index is 4.31. The molecule has 0 aliphatic rings. The number of nitrogens with one attached hydrogen (secondary N) is 1. The van der Waals surface area contributed by atoms with E-state index in [4.69, 9.17) is 0 Å². The van der Waals surface area contributed by atoms with Gasteiger partial charge in [-0.2, -0.15) is 5.10 Å². The van der Waals surface area contributed by atoms with Gasteiger partial charge in [0.2, 0.25) is 0 Å². The van der Waals surface area contributed by atoms with Crippen LogP contribution in [0.2, 0.25) is 0 Å². The van der Waals surface area contributed by atoms with Crippen molar-refractivity contribution >= 4 is 10.9 Å². The van der Waals surface area contributed by atoms with Crippen molar-refractivity contribution in [3.05, 3.63) is 66.0 Å². The highest BCUT2D eigenvalue weighted by molar-refractivity contribution is 5.83. The first-order valence-corrected chi connectivity index (χ1v) is 8.42. The van der Waals surface area contributed by atoms with Gasteiger partial charge in [0.25, 0.3) is 0 Å². The van der Waals surface area contributed by atoms with E-state index in [0.29, 0.717) is 6.54 Å². The molecule has 2 aromatic carbocycles. The third kappa shape index (κ3) is 3.18. The van der Waals surface area contributed by atoms with Crippen LogP contribution < -0.4 is 0 Å². The number of fused-ring (bicyclic) bond motifs is 1. The molecule has 1 N–H and O–H groups in total. The molecule has 0 saturated heterocycles. The Bertz CT molecular complexity index is 1000. The van der Waals surface area contributed by atoms with Crippen molar-refractivity contribution in [2.45, 2.75) is 32.7 Å². The van der Waals surface area contributed by atoms with Crippen LogP contribution in [0.1, 0.15) is 31.9 Å². The second kappa shape index (κ2) is 5.84. The van der Waals surface area contributed by atoms with Crippen LogP contribution in [-0.4, -0.2) is 25.2 Å². The Morgan fingerprint density at radius 3 is 2.60 bits per heavy atom. The van der Waals surface area contributed by atoms with Crippen molar-refractivity contribution in [3.63, 3.8) is 0 Å². The van der Waals surface area contributed by atoms with Crippen molar-refractivity contribution in [2.24, 2.45) is 0 Å². The van der Waals surface area contributed by atoms with E-state index in [0.717, 1.165) is 22.2 Å². The molecule has 126 valence electrons. The van der Waals surface area contributed by atoms with Crippen molar-refractivity contribution in [2.75, 3.05) is 0 Å². The number of hydrogen-bond acceptors (Lipinski definition) is 3. The average molecular weight is 331 g/mol. The monoisotopic (exact) mass is 331 g/mol. The SMILES string of the molecule is CC(C)(C)c1ccc(Cn2cc(-c3ccc4[nH]ncc4c3)nn2)cc1. The Hall–Kier alpha value is -2.95. The summed E-state index contributed by atoms with van der Waals surface area (Å²) in [6.45, 7) is 7.39. The first-order valence-electron chi connectivity index (χ1n) is 8.42. The van der Waals surface area contributed by atoms with Gasteiger partial charge in [-0.05, 0) is 28.7 Å². The normalized spacial score (nSPS) is 12.0. The first-order chi connectivity index (χ1) is 12.0. The summed E-state index contributed by atoms with van der Waals surface area (Å²) < 4.78 is 1.88. The summed E-state index contributed by atoms with van der Waals surface area (Å²) in [6, 6.07) is 14.8. The lowest BCUT2D eigenvalue weighted by Gasteiger charge is -2.19. The summed E-state index contributed by atoms with van der Waals surface area (Å²) in [5, 5.41) is 16.7. The molecule has 0 spiro atoms. The fraction of sp³-hybridized carbons (Fsp3) is 0.250. The second-order valence-corrected chi connectivity index (χ2v) is 7.42. The van der Waals surface area contributed by atoms with E-state index in [9.17, 15) is 0 Å². The molecule has 4 aromatic rings. The number of H-pyrrole nitrogens is 1. The number of aromatic nitrogens is 5. The van der Waals surface area contributed by atoms with Crippen LogP contribution in [-0.2, 0) is 12.0 Å². The first kappa shape index (κ1) is 15.6. The Morgan fingerprint density at radius 2 is 1.84 bits per heavy atom. The number of aromatic amines is 1. The highest BCUT2D eigenvalue weighted by atomic mass is 15.4. The van der Waals surface area contributed by atoms with Gasteiger partial charge >= 0.3 is 0 Å². The van der Waals surface area contributed by atoms with Crippen molar-refractivity contribution in [3.8, 4) is 11.3 Å². The van der Waals surface area contributed by atoms with E-state index in [2.05, 4.69) is 71.6 Å². The molecule has 4 rings (SSSR count). The Labute approximate surface area is 146 Å². The summed E-state index contributed by atoms with van der Waals surface area (Å²) in [5.41, 5.74) is 5.66. The predicted molar refractivity (Wildman–Crippen MR) is 99.4 cm³/mol. The van der Waals surface area contributed by atoms with Crippen LogP contribution in [0.25, 0.3) is 22.2 Å². The second-order valence-electron chi connectivity index (χ2n) is 7.42. The van der Waals surface area contributed by atoms with Gasteiger partial charge in [-0.25, -0.2) is 4.68 Å². The minimum absolute atomic E-state index is 0.171. The Balaban J connectivity index is 1.55. The van der Waals surface area contributed by atoms with Crippen LogP contribution in [0.4, 0.5) is 0 Å². The molecule has 2 heterocycles. The van der Waals surface area contributed by atoms with Gasteiger partial charge in [0.1, 0.15) is 5.69 Å². The van der Waals surface area contributed by atoms with Gasteiger partial charge in [0.05, 0.1) is 24.5 Å². The topological polar surface area (TPSA) is 59.4 Å². The zero-order valence-electron chi connectivity index (χ0n) is 14.7. The van der Waals surface area contributed by atoms with Crippen LogP contribution in [0.15, 0.2) is 54.9 Å². The van der Waals surface area contributed by atoms with E-state index in [-0.39, 0.29) is 5.41 Å². The molecule has 0 radical (unpaired) electrons. The Morgan fingerprint density at radius 1 is 1.04 bits per heavy atom. The molecule has 0 aliphatic heterocycles. The largest absolute Gasteiger partial charge is 0.278 e. The molecule has 0 fully saturated rings. The van der Waals surface area contributed by atoms with E-state index in [1.54, 1.807) is 0 Å². The summed E-state index contributed by atoms with van der Waals surface area (Å²) in [4.78, 5) is 0. The summed E-state index contributed by atoms with van der Waals surface area (Å²) in [5.74, 6) is 0. The molecule has 2 aromatic heterocycles. The highest BCUT2D eigenvalue weighted by Gasteiger charge is 2.13. The van der Waals surface area contributed by atoms with Crippen LogP contribution in [0, 0.1) is 0 Å². The number of hydrogen-bond donors (Lipinski definition) is 1. The summed E-state index contributed by atoms with van der Waals surface area (Å²) in [7, 11) is 0. The minimum Gasteiger partial charge on any atom is -0.278 e. The van der Waals surface area contributed by atoms with Crippen molar-refractivity contribution in [1.82, 2.24) is 25.2 Å². The van der Waals surface area contributed by atoms with E-state index >= 15 is 0 Å². The standard InChI is InChI=1S/C20H21N5/c1-20(2,3)17-7-4-14(5-8-17)12-25-13-19(23-24-25)15-6-9-18-16(10-15)11-21-22-18/h4-11,13H,12H2,1-3H3,(H,21,22). The van der Waals surface area contributed by atoms with Crippen LogP contribution in [0.5, 0.6) is 0 Å². The van der Waals surface area contributed by atoms with E-state index in [1.807, 2.05) is 29.2 Å². The maximum atomic E-state index is 4.31. The third-order valence-electron chi connectivity index (χ3n) is 4.44. The van der Waals surface area contributed by atoms with Crippen LogP contribution >= 0.6 is 0 Å². The number of rotatable bonds is 3. The zero-order valence-corrected chi connectivity index (χ0v) is 14.7. The van der Waals surface area contributed by atoms with Gasteiger partial charge in [0.15, 0.2) is 0 Å². The minimum atomic E-state index is 0.171. The number of nitrogens with zero attached hydrogens (tertiary/aromatic N) is 4. The molecule has 25 heavy (non-hydrogen) atoms. The fourth-order valence-electron chi connectivity index (χ4n) is 2.91. The van der Waals surface area contributed by atoms with Gasteiger partial charge in [-0.1, -0.05) is 56.3 Å². The van der Waals surface area contributed by atoms with Gasteiger partial charge < -0.3 is 0 Å². The lowest BCUT2D eigenvalue weighted by molar-refractivity contribution is 0.589. The lowest BCUT2D eigenvalue weighted by Crippen LogP contribution is -2.11. The molecule has 5 heteroatoms. The quantitative estimate of drug-likeness (QED) is 0.613. The van der Waals surface area contributed by atoms with Crippen molar-refractivity contribution < 1.29 is 0 Å². The molecule has 0 unspecified atom stereocenters. The van der Waals surface area contributed by atoms with E-state index in [1.165, 1.54) is 11.1 Å². The third-order valence-corrected chi connectivity index (χ3v) is 4.44. The molecular weight excluding hydrogens is 310 g/mol.